The lowest BCUT2D eigenvalue weighted by Gasteiger charge is -2.36. The summed E-state index contributed by atoms with van der Waals surface area (Å²) < 4.78 is 39.5. The van der Waals surface area contributed by atoms with E-state index in [1.165, 1.54) is 31.2 Å². The molecule has 4 atom stereocenters. The van der Waals surface area contributed by atoms with E-state index in [9.17, 15) is 4.79 Å². The molecule has 46 heavy (non-hydrogen) atoms. The molecule has 0 aromatic heterocycles. The van der Waals surface area contributed by atoms with Crippen LogP contribution in [0.2, 0.25) is 0 Å². The fourth-order valence-corrected chi connectivity index (χ4v) is 9.55. The van der Waals surface area contributed by atoms with E-state index in [2.05, 4.69) is 11.0 Å². The molecule has 2 aromatic rings. The molecule has 9 heteroatoms. The molecule has 0 amide bonds. The summed E-state index contributed by atoms with van der Waals surface area (Å²) in [4.78, 5) is 18.6. The topological polar surface area (TPSA) is 84.3 Å². The Balaban J connectivity index is 1.18. The van der Waals surface area contributed by atoms with Crippen molar-refractivity contribution in [2.75, 3.05) is 58.1 Å². The molecule has 4 unspecified atom stereocenters. The summed E-state index contributed by atoms with van der Waals surface area (Å²) in [6, 6.07) is 5.97. The van der Waals surface area contributed by atoms with Crippen LogP contribution in [0.15, 0.2) is 18.2 Å². The molecule has 1 spiro atoms. The number of rotatable bonds is 10. The van der Waals surface area contributed by atoms with Crippen LogP contribution in [0.5, 0.6) is 17.2 Å². The first-order valence-electron chi connectivity index (χ1n) is 17.4. The van der Waals surface area contributed by atoms with E-state index in [1.54, 1.807) is 14.0 Å². The van der Waals surface area contributed by atoms with Gasteiger partial charge in [-0.05, 0) is 112 Å². The number of nitrogens with zero attached hydrogens (tertiary/aromatic N) is 2. The van der Waals surface area contributed by atoms with Crippen molar-refractivity contribution in [2.24, 2.45) is 17.8 Å². The largest absolute Gasteiger partial charge is 0.494 e. The van der Waals surface area contributed by atoms with Gasteiger partial charge in [0.25, 0.3) is 0 Å². The third-order valence-corrected chi connectivity index (χ3v) is 11.9. The van der Waals surface area contributed by atoms with Crippen molar-refractivity contribution in [1.29, 1.82) is 5.41 Å². The van der Waals surface area contributed by atoms with Crippen LogP contribution in [-0.4, -0.2) is 69.7 Å². The lowest BCUT2D eigenvalue weighted by Crippen LogP contribution is -2.39. The molecule has 1 N–H and O–H groups in total. The van der Waals surface area contributed by atoms with Gasteiger partial charge in [-0.15, -0.1) is 0 Å². The number of carbonyl (C=O) groups excluding carboxylic acids is 1. The normalized spacial score (nSPS) is 28.5. The molecule has 8 rings (SSSR count). The highest BCUT2D eigenvalue weighted by molar-refractivity contribution is 6.08. The number of halogens is 1. The van der Waals surface area contributed by atoms with E-state index in [1.807, 2.05) is 24.0 Å². The van der Waals surface area contributed by atoms with Crippen molar-refractivity contribution < 1.29 is 28.1 Å². The minimum Gasteiger partial charge on any atom is -0.494 e. The molecule has 2 aliphatic heterocycles. The summed E-state index contributed by atoms with van der Waals surface area (Å²) in [5.74, 6) is 3.12. The number of fused-ring (bicyclic) bond motifs is 5. The van der Waals surface area contributed by atoms with E-state index in [4.69, 9.17) is 24.4 Å². The number of ketones is 1. The number of carbonyl (C=O) groups is 1. The van der Waals surface area contributed by atoms with Crippen molar-refractivity contribution in [3.05, 3.63) is 46.3 Å². The maximum Gasteiger partial charge on any atom is 0.197 e. The molecule has 4 saturated carbocycles. The van der Waals surface area contributed by atoms with Crippen LogP contribution in [0.4, 0.5) is 10.1 Å². The highest BCUT2D eigenvalue weighted by Crippen LogP contribution is 2.63. The zero-order valence-corrected chi connectivity index (χ0v) is 27.4. The molecule has 4 aliphatic carbocycles. The van der Waals surface area contributed by atoms with Gasteiger partial charge in [-0.1, -0.05) is 0 Å². The molecule has 6 aliphatic rings. The van der Waals surface area contributed by atoms with E-state index >= 15 is 4.39 Å². The first kappa shape index (κ1) is 30.0. The van der Waals surface area contributed by atoms with Gasteiger partial charge in [0.1, 0.15) is 11.6 Å². The van der Waals surface area contributed by atoms with Gasteiger partial charge < -0.3 is 28.7 Å². The number of morpholine rings is 1. The fraction of sp³-hybridized carbons (Fsp3) is 0.622. The first-order valence-corrected chi connectivity index (χ1v) is 17.4. The summed E-state index contributed by atoms with van der Waals surface area (Å²) >= 11 is 0. The molecular formula is C37H46FN3O5. The Labute approximate surface area is 271 Å². The van der Waals surface area contributed by atoms with E-state index in [0.29, 0.717) is 31.1 Å². The molecule has 1 saturated heterocycles. The number of benzene rings is 2. The Bertz CT molecular complexity index is 1580. The quantitative estimate of drug-likeness (QED) is 0.302. The Kier molecular flexibility index (Phi) is 7.27. The van der Waals surface area contributed by atoms with E-state index < -0.39 is 11.4 Å². The van der Waals surface area contributed by atoms with Crippen molar-refractivity contribution >= 4 is 17.3 Å². The predicted molar refractivity (Wildman–Crippen MR) is 173 cm³/mol. The Hall–Kier alpha value is -3.33. The third kappa shape index (κ3) is 4.62. The van der Waals surface area contributed by atoms with Gasteiger partial charge in [0.05, 0.1) is 56.9 Å². The van der Waals surface area contributed by atoms with E-state index in [0.717, 1.165) is 73.5 Å². The monoisotopic (exact) mass is 631 g/mol. The summed E-state index contributed by atoms with van der Waals surface area (Å²) in [5, 5.41) is 9.16. The maximum atomic E-state index is 16.1. The third-order valence-electron chi connectivity index (χ3n) is 11.9. The number of hydrogen-bond acceptors (Lipinski definition) is 7. The number of Topliss-reactive ketones (excluding diaryl/α,β-unsaturated/α-hetero) is 1. The molecule has 2 heterocycles. The smallest absolute Gasteiger partial charge is 0.197 e. The number of hydrogen-bond donors (Lipinski definition) is 1. The second-order valence-electron chi connectivity index (χ2n) is 14.5. The summed E-state index contributed by atoms with van der Waals surface area (Å²) in [6.45, 7) is 7.09. The predicted octanol–water partition coefficient (Wildman–Crippen LogP) is 6.45. The van der Waals surface area contributed by atoms with Gasteiger partial charge in [0.15, 0.2) is 23.1 Å². The number of amidine groups is 1. The van der Waals surface area contributed by atoms with Crippen LogP contribution in [0.3, 0.4) is 0 Å². The highest BCUT2D eigenvalue weighted by Gasteiger charge is 2.59. The van der Waals surface area contributed by atoms with Crippen LogP contribution in [0.25, 0.3) is 0 Å². The molecular weight excluding hydrogens is 585 g/mol. The number of nitrogens with one attached hydrogen (secondary N) is 1. The lowest BCUT2D eigenvalue weighted by molar-refractivity contribution is 0.0943. The molecule has 5 fully saturated rings. The maximum absolute atomic E-state index is 16.1. The minimum absolute atomic E-state index is 0.00946. The van der Waals surface area contributed by atoms with Crippen LogP contribution in [-0.2, 0) is 15.7 Å². The van der Waals surface area contributed by atoms with Crippen molar-refractivity contribution in [3.8, 4) is 17.2 Å². The zero-order chi connectivity index (χ0) is 31.8. The van der Waals surface area contributed by atoms with Gasteiger partial charge >= 0.3 is 0 Å². The van der Waals surface area contributed by atoms with Crippen LogP contribution < -0.4 is 19.1 Å². The minimum atomic E-state index is -0.572. The van der Waals surface area contributed by atoms with Crippen LogP contribution in [0.1, 0.15) is 92.3 Å². The van der Waals surface area contributed by atoms with Gasteiger partial charge in [-0.2, -0.15) is 0 Å². The SMILES string of the molecule is CCOc1cc2c(c(F)c1OCC)C(=N)N(CC(=O)c1cc(N3CCOCC3)c(OC)c(C34CCC(CC5CC5C3)C4)c1)C21CC1. The number of anilines is 1. The average Bonchev–Trinajstić information content (AvgIpc) is 3.95. The fourth-order valence-electron chi connectivity index (χ4n) is 9.55. The first-order chi connectivity index (χ1) is 22.3. The Morgan fingerprint density at radius 2 is 1.78 bits per heavy atom. The van der Waals surface area contributed by atoms with Crippen molar-refractivity contribution in [1.82, 2.24) is 4.90 Å². The standard InChI is InChI=1S/C37H46FN3O5/c1-4-45-30-18-26-31(32(38)34(30)46-5-2)35(39)41(37(26)8-9-37)21-29(42)24-16-27(33(43-3)28(17-24)40-10-12-44-13-11-40)36-7-6-22(19-36)14-23-15-25(23)20-36/h16-18,22-23,25,39H,4-15,19-21H2,1-3H3. The van der Waals surface area contributed by atoms with Crippen LogP contribution >= 0.6 is 0 Å². The van der Waals surface area contributed by atoms with Crippen LogP contribution in [0, 0.1) is 29.0 Å². The average molecular weight is 632 g/mol. The van der Waals surface area contributed by atoms with Gasteiger partial charge in [-0.25, -0.2) is 4.39 Å². The number of methoxy groups -OCH3 is 1. The zero-order valence-electron chi connectivity index (χ0n) is 27.4. The van der Waals surface area contributed by atoms with Crippen molar-refractivity contribution in [2.45, 2.75) is 76.2 Å². The molecule has 246 valence electrons. The van der Waals surface area contributed by atoms with Gasteiger partial charge in [0, 0.05) is 24.2 Å². The Morgan fingerprint density at radius 3 is 2.50 bits per heavy atom. The Morgan fingerprint density at radius 1 is 1.00 bits per heavy atom. The molecule has 0 radical (unpaired) electrons. The van der Waals surface area contributed by atoms with Crippen molar-refractivity contribution in [3.63, 3.8) is 0 Å². The highest BCUT2D eigenvalue weighted by atomic mass is 19.1. The molecule has 8 nitrogen and oxygen atoms in total. The lowest BCUT2D eigenvalue weighted by atomic mass is 9.73. The van der Waals surface area contributed by atoms with E-state index in [-0.39, 0.29) is 41.5 Å². The summed E-state index contributed by atoms with van der Waals surface area (Å²) in [6.07, 6.45) is 8.90. The summed E-state index contributed by atoms with van der Waals surface area (Å²) in [7, 11) is 1.77. The van der Waals surface area contributed by atoms with Gasteiger partial charge in [0.2, 0.25) is 0 Å². The second kappa shape index (κ2) is 11.1. The second-order valence-corrected chi connectivity index (χ2v) is 14.5. The molecule has 2 aromatic carbocycles. The molecule has 2 bridgehead atoms. The van der Waals surface area contributed by atoms with Gasteiger partial charge in [-0.3, -0.25) is 10.2 Å². The summed E-state index contributed by atoms with van der Waals surface area (Å²) in [5.41, 5.74) is 3.22. The number of ether oxygens (including phenoxy) is 4.